The van der Waals surface area contributed by atoms with Gasteiger partial charge in [-0.05, 0) is 45.4 Å². The molecule has 0 saturated heterocycles. The molecule has 1 aromatic carbocycles. The number of rotatable bonds is 10. The maximum absolute atomic E-state index is 12.6. The number of ether oxygens (including phenoxy) is 1. The Morgan fingerprint density at radius 2 is 1.97 bits per heavy atom. The van der Waals surface area contributed by atoms with Crippen LogP contribution < -0.4 is 15.8 Å². The average molecular weight is 514 g/mol. The molecule has 160 valence electrons. The van der Waals surface area contributed by atoms with Crippen molar-refractivity contribution in [2.45, 2.75) is 50.6 Å². The smallest absolute Gasteiger partial charge is 0.349 e. The maximum atomic E-state index is 12.6. The Bertz CT molecular complexity index is 892. The summed E-state index contributed by atoms with van der Waals surface area (Å²) in [6, 6.07) is 7.30. The van der Waals surface area contributed by atoms with Gasteiger partial charge in [0, 0.05) is 40.7 Å². The summed E-state index contributed by atoms with van der Waals surface area (Å²) in [7, 11) is 0. The number of benzene rings is 1. The van der Waals surface area contributed by atoms with E-state index in [0.717, 1.165) is 30.6 Å². The fourth-order valence-corrected chi connectivity index (χ4v) is 3.18. The SMILES string of the molecule is CCN(CC)c1ccc2cc(C(=O)NCC(C)(CC)OCC(C)I)c(=O)oc2c1. The Morgan fingerprint density at radius 1 is 1.28 bits per heavy atom. The Morgan fingerprint density at radius 3 is 2.55 bits per heavy atom. The van der Waals surface area contributed by atoms with Crippen LogP contribution in [0, 0.1) is 0 Å². The number of alkyl halides is 1. The number of fused-ring (bicyclic) bond motifs is 1. The summed E-state index contributed by atoms with van der Waals surface area (Å²) in [5.41, 5.74) is 0.363. The second kappa shape index (κ2) is 10.4. The van der Waals surface area contributed by atoms with Crippen LogP contribution in [0.1, 0.15) is 51.4 Å². The highest BCUT2D eigenvalue weighted by molar-refractivity contribution is 14.1. The van der Waals surface area contributed by atoms with E-state index in [1.807, 2.05) is 32.0 Å². The van der Waals surface area contributed by atoms with E-state index in [1.165, 1.54) is 0 Å². The molecule has 0 aliphatic carbocycles. The summed E-state index contributed by atoms with van der Waals surface area (Å²) in [4.78, 5) is 27.2. The van der Waals surface area contributed by atoms with Crippen LogP contribution >= 0.6 is 22.6 Å². The van der Waals surface area contributed by atoms with E-state index >= 15 is 0 Å². The lowest BCUT2D eigenvalue weighted by Gasteiger charge is -2.29. The predicted octanol–water partition coefficient (Wildman–Crippen LogP) is 4.38. The van der Waals surface area contributed by atoms with Crippen molar-refractivity contribution < 1.29 is 13.9 Å². The molecular weight excluding hydrogens is 483 g/mol. The van der Waals surface area contributed by atoms with Crippen molar-refractivity contribution in [3.63, 3.8) is 0 Å². The molecule has 0 bridgehead atoms. The number of amides is 1. The molecule has 0 fully saturated rings. The van der Waals surface area contributed by atoms with Gasteiger partial charge in [0.05, 0.1) is 12.2 Å². The van der Waals surface area contributed by atoms with Gasteiger partial charge in [0.2, 0.25) is 0 Å². The minimum atomic E-state index is -0.633. The zero-order valence-electron chi connectivity index (χ0n) is 17.9. The van der Waals surface area contributed by atoms with E-state index in [0.29, 0.717) is 22.7 Å². The summed E-state index contributed by atoms with van der Waals surface area (Å²) < 4.78 is 11.8. The number of carbonyl (C=O) groups excluding carboxylic acids is 1. The summed E-state index contributed by atoms with van der Waals surface area (Å²) in [6.07, 6.45) is 0.747. The van der Waals surface area contributed by atoms with Crippen LogP contribution in [0.25, 0.3) is 11.0 Å². The van der Waals surface area contributed by atoms with Crippen molar-refractivity contribution in [2.75, 3.05) is 31.1 Å². The number of anilines is 1. The lowest BCUT2D eigenvalue weighted by molar-refractivity contribution is -0.0289. The Kier molecular flexibility index (Phi) is 8.51. The van der Waals surface area contributed by atoms with E-state index in [9.17, 15) is 9.59 Å². The topological polar surface area (TPSA) is 71.8 Å². The van der Waals surface area contributed by atoms with Crippen LogP contribution in [0.5, 0.6) is 0 Å². The van der Waals surface area contributed by atoms with E-state index < -0.39 is 17.1 Å². The third kappa shape index (κ3) is 6.18. The van der Waals surface area contributed by atoms with Crippen molar-refractivity contribution in [3.8, 4) is 0 Å². The first-order valence-corrected chi connectivity index (χ1v) is 11.4. The third-order valence-electron chi connectivity index (χ3n) is 5.13. The molecule has 0 radical (unpaired) electrons. The standard InChI is InChI=1S/C22H31IN2O4/c1-6-22(5,28-13-15(4)23)14-24-20(26)18-11-16-9-10-17(25(7-2)8-3)12-19(16)29-21(18)27/h9-12,15H,6-8,13-14H2,1-5H3,(H,24,26). The highest BCUT2D eigenvalue weighted by Gasteiger charge is 2.25. The molecule has 7 heteroatoms. The van der Waals surface area contributed by atoms with E-state index in [-0.39, 0.29) is 5.56 Å². The van der Waals surface area contributed by atoms with Crippen LogP contribution in [0.2, 0.25) is 0 Å². The summed E-state index contributed by atoms with van der Waals surface area (Å²) in [6.45, 7) is 12.9. The van der Waals surface area contributed by atoms with Crippen molar-refractivity contribution in [1.82, 2.24) is 5.32 Å². The molecular formula is C22H31IN2O4. The van der Waals surface area contributed by atoms with Crippen LogP contribution in [-0.2, 0) is 4.74 Å². The summed E-state index contributed by atoms with van der Waals surface area (Å²) in [5.74, 6) is -0.445. The van der Waals surface area contributed by atoms with Crippen molar-refractivity contribution >= 4 is 45.2 Å². The molecule has 2 atom stereocenters. The highest BCUT2D eigenvalue weighted by Crippen LogP contribution is 2.22. The van der Waals surface area contributed by atoms with Gasteiger partial charge < -0.3 is 19.4 Å². The fraction of sp³-hybridized carbons (Fsp3) is 0.545. The normalized spacial score (nSPS) is 14.4. The molecule has 0 aliphatic rings. The van der Waals surface area contributed by atoms with Gasteiger partial charge in [-0.2, -0.15) is 0 Å². The average Bonchev–Trinajstić information content (AvgIpc) is 2.70. The minimum Gasteiger partial charge on any atom is -0.422 e. The lowest BCUT2D eigenvalue weighted by Crippen LogP contribution is -2.44. The van der Waals surface area contributed by atoms with Gasteiger partial charge in [0.1, 0.15) is 11.1 Å². The first-order chi connectivity index (χ1) is 13.7. The summed E-state index contributed by atoms with van der Waals surface area (Å²) in [5, 5.41) is 3.55. The maximum Gasteiger partial charge on any atom is 0.349 e. The van der Waals surface area contributed by atoms with E-state index in [4.69, 9.17) is 9.15 Å². The molecule has 0 aliphatic heterocycles. The Balaban J connectivity index is 2.20. The Labute approximate surface area is 186 Å². The molecule has 2 aromatic rings. The highest BCUT2D eigenvalue weighted by atomic mass is 127. The van der Waals surface area contributed by atoms with E-state index in [1.54, 1.807) is 6.07 Å². The largest absolute Gasteiger partial charge is 0.422 e. The second-order valence-corrected chi connectivity index (χ2v) is 9.55. The molecule has 1 aromatic heterocycles. The third-order valence-corrected chi connectivity index (χ3v) is 5.48. The van der Waals surface area contributed by atoms with Gasteiger partial charge in [-0.25, -0.2) is 4.79 Å². The number of halogens is 1. The first-order valence-electron chi connectivity index (χ1n) is 10.1. The van der Waals surface area contributed by atoms with Crippen molar-refractivity contribution in [2.24, 2.45) is 0 Å². The second-order valence-electron chi connectivity index (χ2n) is 7.42. The number of nitrogens with zero attached hydrogens (tertiary/aromatic N) is 1. The number of hydrogen-bond acceptors (Lipinski definition) is 5. The minimum absolute atomic E-state index is 0.00815. The Hall–Kier alpha value is -1.61. The number of hydrogen-bond donors (Lipinski definition) is 1. The molecule has 1 N–H and O–H groups in total. The van der Waals surface area contributed by atoms with Crippen LogP contribution in [0.4, 0.5) is 5.69 Å². The lowest BCUT2D eigenvalue weighted by atomic mass is 10.0. The zero-order chi connectivity index (χ0) is 21.6. The molecule has 6 nitrogen and oxygen atoms in total. The van der Waals surface area contributed by atoms with Gasteiger partial charge in [-0.3, -0.25) is 4.79 Å². The molecule has 0 spiro atoms. The monoisotopic (exact) mass is 514 g/mol. The number of carbonyl (C=O) groups is 1. The van der Waals surface area contributed by atoms with Crippen LogP contribution in [-0.4, -0.2) is 41.7 Å². The molecule has 1 heterocycles. The summed E-state index contributed by atoms with van der Waals surface area (Å²) >= 11 is 2.30. The van der Waals surface area contributed by atoms with E-state index in [2.05, 4.69) is 53.6 Å². The van der Waals surface area contributed by atoms with Gasteiger partial charge >= 0.3 is 5.63 Å². The van der Waals surface area contributed by atoms with Crippen molar-refractivity contribution in [3.05, 3.63) is 40.2 Å². The van der Waals surface area contributed by atoms with Crippen molar-refractivity contribution in [1.29, 1.82) is 0 Å². The van der Waals surface area contributed by atoms with Gasteiger partial charge in [0.15, 0.2) is 0 Å². The zero-order valence-corrected chi connectivity index (χ0v) is 20.0. The predicted molar refractivity (Wildman–Crippen MR) is 127 cm³/mol. The molecule has 0 saturated carbocycles. The van der Waals surface area contributed by atoms with Gasteiger partial charge in [0.25, 0.3) is 5.91 Å². The van der Waals surface area contributed by atoms with Gasteiger partial charge in [-0.15, -0.1) is 0 Å². The van der Waals surface area contributed by atoms with Crippen LogP contribution in [0.3, 0.4) is 0 Å². The fourth-order valence-electron chi connectivity index (χ4n) is 3.00. The van der Waals surface area contributed by atoms with Crippen LogP contribution in [0.15, 0.2) is 33.5 Å². The number of nitrogens with one attached hydrogen (secondary N) is 1. The first kappa shape index (κ1) is 23.7. The quantitative estimate of drug-likeness (QED) is 0.290. The molecule has 2 unspecified atom stereocenters. The molecule has 1 amide bonds. The molecule has 29 heavy (non-hydrogen) atoms. The molecule has 2 rings (SSSR count). The van der Waals surface area contributed by atoms with Gasteiger partial charge in [-0.1, -0.05) is 36.4 Å².